The number of nitrogens with zero attached hydrogens (tertiary/aromatic N) is 1. The van der Waals surface area contributed by atoms with Crippen LogP contribution in [0.4, 0.5) is 0 Å². The number of carbonyl (C=O) groups excluding carboxylic acids is 1. The highest BCUT2D eigenvalue weighted by molar-refractivity contribution is 6.06. The summed E-state index contributed by atoms with van der Waals surface area (Å²) in [6.07, 6.45) is 2.60. The van der Waals surface area contributed by atoms with Crippen molar-refractivity contribution in [1.82, 2.24) is 4.90 Å². The molecule has 1 unspecified atom stereocenters. The highest BCUT2D eigenvalue weighted by atomic mass is 16.4. The average molecular weight is 363 g/mol. The van der Waals surface area contributed by atoms with Crippen molar-refractivity contribution in [3.8, 4) is 0 Å². The summed E-state index contributed by atoms with van der Waals surface area (Å²) in [6, 6.07) is 14.1. The Morgan fingerprint density at radius 2 is 1.89 bits per heavy atom. The summed E-state index contributed by atoms with van der Waals surface area (Å²) in [5.74, 6) is -0.162. The Kier molecular flexibility index (Phi) is 3.54. The number of hydrogen-bond donors (Lipinski definition) is 1. The summed E-state index contributed by atoms with van der Waals surface area (Å²) in [6.45, 7) is 1.29. The molecule has 0 bridgehead atoms. The Hall–Kier alpha value is -2.82. The fraction of sp³-hybridized carbons (Fsp3) is 0.364. The SMILES string of the molecule is O=C(O)C1CC12CCN(C(=O)Cc1cc3c(ccc4ccccc43)o1)CC2. The van der Waals surface area contributed by atoms with Crippen molar-refractivity contribution in [1.29, 1.82) is 0 Å². The maximum Gasteiger partial charge on any atom is 0.307 e. The van der Waals surface area contributed by atoms with Gasteiger partial charge in [0, 0.05) is 18.5 Å². The number of carboxylic acids is 1. The molecule has 1 spiro atoms. The predicted octanol–water partition coefficient (Wildman–Crippen LogP) is 3.84. The molecule has 138 valence electrons. The number of aliphatic carboxylic acids is 1. The van der Waals surface area contributed by atoms with Crippen LogP contribution >= 0.6 is 0 Å². The standard InChI is InChI=1S/C22H21NO4/c24-20(23-9-7-22(8-10-23)13-18(22)21(25)26)12-15-11-17-16-4-2-1-3-14(16)5-6-19(17)27-15/h1-6,11,18H,7-10,12-13H2,(H,25,26). The third-order valence-electron chi connectivity index (χ3n) is 6.40. The molecule has 1 atom stereocenters. The first-order valence-corrected chi connectivity index (χ1v) is 9.46. The topological polar surface area (TPSA) is 70.8 Å². The van der Waals surface area contributed by atoms with Crippen LogP contribution in [0.25, 0.3) is 21.7 Å². The smallest absolute Gasteiger partial charge is 0.307 e. The molecule has 2 aliphatic rings. The van der Waals surface area contributed by atoms with Crippen molar-refractivity contribution in [2.24, 2.45) is 11.3 Å². The van der Waals surface area contributed by atoms with Crippen LogP contribution in [0.1, 0.15) is 25.0 Å². The van der Waals surface area contributed by atoms with Crippen molar-refractivity contribution in [2.45, 2.75) is 25.7 Å². The number of likely N-dealkylation sites (tertiary alicyclic amines) is 1. The van der Waals surface area contributed by atoms with Gasteiger partial charge in [-0.05, 0) is 47.6 Å². The second kappa shape index (κ2) is 5.84. The van der Waals surface area contributed by atoms with Crippen molar-refractivity contribution < 1.29 is 19.1 Å². The van der Waals surface area contributed by atoms with Crippen LogP contribution in [-0.2, 0) is 16.0 Å². The molecule has 3 aromatic rings. The first kappa shape index (κ1) is 16.4. The zero-order valence-electron chi connectivity index (χ0n) is 15.0. The number of piperidine rings is 1. The molecule has 0 radical (unpaired) electrons. The zero-order chi connectivity index (χ0) is 18.6. The van der Waals surface area contributed by atoms with E-state index in [4.69, 9.17) is 4.42 Å². The second-order valence-electron chi connectivity index (χ2n) is 7.93. The van der Waals surface area contributed by atoms with E-state index in [1.54, 1.807) is 0 Å². The first-order chi connectivity index (χ1) is 13.1. The maximum absolute atomic E-state index is 12.7. The van der Waals surface area contributed by atoms with Crippen LogP contribution in [0, 0.1) is 11.3 Å². The lowest BCUT2D eigenvalue weighted by atomic mass is 9.90. The fourth-order valence-corrected chi connectivity index (χ4v) is 4.64. The molecule has 5 heteroatoms. The summed E-state index contributed by atoms with van der Waals surface area (Å²) in [5, 5.41) is 12.5. The summed E-state index contributed by atoms with van der Waals surface area (Å²) >= 11 is 0. The molecule has 1 saturated heterocycles. The Labute approximate surface area is 156 Å². The molecule has 1 aromatic heterocycles. The van der Waals surface area contributed by atoms with Gasteiger partial charge in [-0.25, -0.2) is 0 Å². The molecule has 1 amide bonds. The van der Waals surface area contributed by atoms with Crippen LogP contribution in [0.2, 0.25) is 0 Å². The van der Waals surface area contributed by atoms with E-state index >= 15 is 0 Å². The van der Waals surface area contributed by atoms with Crippen LogP contribution < -0.4 is 0 Å². The molecule has 2 heterocycles. The highest BCUT2D eigenvalue weighted by Crippen LogP contribution is 2.59. The van der Waals surface area contributed by atoms with Gasteiger partial charge in [0.25, 0.3) is 0 Å². The van der Waals surface area contributed by atoms with E-state index in [2.05, 4.69) is 12.1 Å². The number of carboxylic acid groups (broad SMARTS) is 1. The van der Waals surface area contributed by atoms with Crippen molar-refractivity contribution in [3.05, 3.63) is 48.2 Å². The van der Waals surface area contributed by atoms with Gasteiger partial charge < -0.3 is 14.4 Å². The van der Waals surface area contributed by atoms with E-state index in [0.29, 0.717) is 18.8 Å². The maximum atomic E-state index is 12.7. The molecule has 1 saturated carbocycles. The summed E-state index contributed by atoms with van der Waals surface area (Å²) in [4.78, 5) is 25.7. The Morgan fingerprint density at radius 3 is 2.63 bits per heavy atom. The quantitative estimate of drug-likeness (QED) is 0.767. The van der Waals surface area contributed by atoms with E-state index in [1.165, 1.54) is 0 Å². The lowest BCUT2D eigenvalue weighted by Gasteiger charge is -2.32. The summed E-state index contributed by atoms with van der Waals surface area (Å²) < 4.78 is 5.91. The Bertz CT molecular complexity index is 1060. The van der Waals surface area contributed by atoms with E-state index < -0.39 is 5.97 Å². The van der Waals surface area contributed by atoms with Gasteiger partial charge >= 0.3 is 5.97 Å². The second-order valence-corrected chi connectivity index (χ2v) is 7.93. The van der Waals surface area contributed by atoms with Crippen LogP contribution in [0.15, 0.2) is 46.9 Å². The first-order valence-electron chi connectivity index (χ1n) is 9.46. The zero-order valence-corrected chi connectivity index (χ0v) is 15.0. The van der Waals surface area contributed by atoms with E-state index in [-0.39, 0.29) is 23.7 Å². The lowest BCUT2D eigenvalue weighted by molar-refractivity contribution is -0.139. The molecule has 1 aliphatic heterocycles. The van der Waals surface area contributed by atoms with Gasteiger partial charge in [0.15, 0.2) is 0 Å². The van der Waals surface area contributed by atoms with Crippen molar-refractivity contribution in [2.75, 3.05) is 13.1 Å². The fourth-order valence-electron chi connectivity index (χ4n) is 4.64. The van der Waals surface area contributed by atoms with Gasteiger partial charge in [0.05, 0.1) is 12.3 Å². The van der Waals surface area contributed by atoms with Crippen molar-refractivity contribution in [3.63, 3.8) is 0 Å². The normalized spacial score (nSPS) is 21.0. The molecule has 5 nitrogen and oxygen atoms in total. The van der Waals surface area contributed by atoms with E-state index in [0.717, 1.165) is 41.0 Å². The molecule has 1 aliphatic carbocycles. The van der Waals surface area contributed by atoms with E-state index in [9.17, 15) is 14.7 Å². The number of amides is 1. The van der Waals surface area contributed by atoms with Gasteiger partial charge in [0.1, 0.15) is 11.3 Å². The van der Waals surface area contributed by atoms with Gasteiger partial charge in [-0.15, -0.1) is 0 Å². The Morgan fingerprint density at radius 1 is 1.11 bits per heavy atom. The summed E-state index contributed by atoms with van der Waals surface area (Å²) in [5.41, 5.74) is 0.748. The van der Waals surface area contributed by atoms with Gasteiger partial charge in [-0.2, -0.15) is 0 Å². The van der Waals surface area contributed by atoms with Crippen LogP contribution in [-0.4, -0.2) is 35.0 Å². The number of fused-ring (bicyclic) bond motifs is 3. The van der Waals surface area contributed by atoms with E-state index in [1.807, 2.05) is 35.2 Å². The number of rotatable bonds is 3. The minimum Gasteiger partial charge on any atom is -0.481 e. The number of hydrogen-bond acceptors (Lipinski definition) is 3. The minimum atomic E-state index is -0.690. The molecule has 1 N–H and O–H groups in total. The Balaban J connectivity index is 1.30. The monoisotopic (exact) mass is 363 g/mol. The third kappa shape index (κ3) is 2.69. The lowest BCUT2D eigenvalue weighted by Crippen LogP contribution is -2.40. The minimum absolute atomic E-state index is 0.0547. The molecule has 5 rings (SSSR count). The van der Waals surface area contributed by atoms with Crippen LogP contribution in [0.5, 0.6) is 0 Å². The largest absolute Gasteiger partial charge is 0.481 e. The summed E-state index contributed by atoms with van der Waals surface area (Å²) in [7, 11) is 0. The predicted molar refractivity (Wildman–Crippen MR) is 101 cm³/mol. The van der Waals surface area contributed by atoms with Gasteiger partial charge in [-0.1, -0.05) is 30.3 Å². The van der Waals surface area contributed by atoms with Crippen LogP contribution in [0.3, 0.4) is 0 Å². The van der Waals surface area contributed by atoms with Crippen molar-refractivity contribution >= 4 is 33.6 Å². The van der Waals surface area contributed by atoms with Gasteiger partial charge in [0.2, 0.25) is 5.91 Å². The average Bonchev–Trinajstić information content (AvgIpc) is 3.21. The molecule has 2 aromatic carbocycles. The molecular formula is C22H21NO4. The number of benzene rings is 2. The molecule has 2 fully saturated rings. The number of carbonyl (C=O) groups is 2. The number of furan rings is 1. The molecule has 27 heavy (non-hydrogen) atoms. The highest BCUT2D eigenvalue weighted by Gasteiger charge is 2.59. The molecular weight excluding hydrogens is 342 g/mol. The van der Waals surface area contributed by atoms with Gasteiger partial charge in [-0.3, -0.25) is 9.59 Å². The third-order valence-corrected chi connectivity index (χ3v) is 6.40.